The molecule has 0 radical (unpaired) electrons. The number of nitriles is 1. The molecule has 4 rings (SSSR count). The molecule has 1 aromatic carbocycles. The van der Waals surface area contributed by atoms with Gasteiger partial charge in [-0.2, -0.15) is 10.4 Å². The van der Waals surface area contributed by atoms with Crippen LogP contribution in [0.25, 0.3) is 11.3 Å². The SMILES string of the molecule is Cn1ncc(I)c1-c1c(F)cc2c(c1C#N)CN(C1CC1)C2=O. The first-order valence-corrected chi connectivity index (χ1v) is 8.35. The van der Waals surface area contributed by atoms with Crippen molar-refractivity contribution < 1.29 is 9.18 Å². The molecule has 0 bridgehead atoms. The van der Waals surface area contributed by atoms with Crippen molar-refractivity contribution >= 4 is 28.5 Å². The monoisotopic (exact) mass is 422 g/mol. The van der Waals surface area contributed by atoms with Crippen molar-refractivity contribution in [3.63, 3.8) is 0 Å². The quantitative estimate of drug-likeness (QED) is 0.700. The Bertz CT molecular complexity index is 875. The summed E-state index contributed by atoms with van der Waals surface area (Å²) in [6.45, 7) is 0.392. The lowest BCUT2D eigenvalue weighted by Crippen LogP contribution is -2.25. The summed E-state index contributed by atoms with van der Waals surface area (Å²) in [7, 11) is 1.72. The van der Waals surface area contributed by atoms with E-state index in [9.17, 15) is 14.4 Å². The van der Waals surface area contributed by atoms with Gasteiger partial charge in [-0.05, 0) is 41.5 Å². The molecule has 0 N–H and O–H groups in total. The third-order valence-electron chi connectivity index (χ3n) is 4.44. The summed E-state index contributed by atoms with van der Waals surface area (Å²) < 4.78 is 17.1. The van der Waals surface area contributed by atoms with Crippen LogP contribution in [-0.4, -0.2) is 26.6 Å². The summed E-state index contributed by atoms with van der Waals surface area (Å²) in [4.78, 5) is 14.2. The lowest BCUT2D eigenvalue weighted by Gasteiger charge is -2.13. The highest BCUT2D eigenvalue weighted by Gasteiger charge is 2.40. The number of carbonyl (C=O) groups is 1. The van der Waals surface area contributed by atoms with Crippen molar-refractivity contribution in [1.82, 2.24) is 14.7 Å². The van der Waals surface area contributed by atoms with Gasteiger partial charge in [0.2, 0.25) is 0 Å². The molecule has 1 amide bonds. The van der Waals surface area contributed by atoms with E-state index in [4.69, 9.17) is 0 Å². The van der Waals surface area contributed by atoms with E-state index in [-0.39, 0.29) is 23.1 Å². The molecule has 1 fully saturated rings. The van der Waals surface area contributed by atoms with Crippen LogP contribution >= 0.6 is 22.6 Å². The molecule has 2 aromatic rings. The van der Waals surface area contributed by atoms with Crippen LogP contribution in [0.2, 0.25) is 0 Å². The highest BCUT2D eigenvalue weighted by atomic mass is 127. The van der Waals surface area contributed by atoms with E-state index < -0.39 is 5.82 Å². The van der Waals surface area contributed by atoms with E-state index >= 15 is 0 Å². The Morgan fingerprint density at radius 1 is 1.48 bits per heavy atom. The minimum Gasteiger partial charge on any atom is -0.331 e. The minimum absolute atomic E-state index is 0.163. The van der Waals surface area contributed by atoms with E-state index in [0.717, 1.165) is 16.4 Å². The molecule has 1 saturated carbocycles. The van der Waals surface area contributed by atoms with Gasteiger partial charge in [-0.25, -0.2) is 4.39 Å². The van der Waals surface area contributed by atoms with Gasteiger partial charge < -0.3 is 4.90 Å². The van der Waals surface area contributed by atoms with Crippen LogP contribution < -0.4 is 0 Å². The summed E-state index contributed by atoms with van der Waals surface area (Å²) in [5, 5.41) is 13.8. The lowest BCUT2D eigenvalue weighted by molar-refractivity contribution is 0.0766. The summed E-state index contributed by atoms with van der Waals surface area (Å²) in [5.41, 5.74) is 2.02. The molecule has 0 atom stereocenters. The maximum absolute atomic E-state index is 14.8. The number of nitrogens with zero attached hydrogens (tertiary/aromatic N) is 4. The Balaban J connectivity index is 1.96. The fraction of sp³-hybridized carbons (Fsp3) is 0.312. The van der Waals surface area contributed by atoms with Gasteiger partial charge in [-0.15, -0.1) is 0 Å². The van der Waals surface area contributed by atoms with Crippen LogP contribution in [0.15, 0.2) is 12.3 Å². The average Bonchev–Trinajstić information content (AvgIpc) is 3.25. The largest absolute Gasteiger partial charge is 0.331 e. The number of rotatable bonds is 2. The van der Waals surface area contributed by atoms with Crippen molar-refractivity contribution in [3.8, 4) is 17.3 Å². The van der Waals surface area contributed by atoms with Gasteiger partial charge in [0.05, 0.1) is 26.6 Å². The Kier molecular flexibility index (Phi) is 3.20. The average molecular weight is 422 g/mol. The zero-order valence-corrected chi connectivity index (χ0v) is 14.5. The van der Waals surface area contributed by atoms with Crippen LogP contribution in [0, 0.1) is 20.7 Å². The standard InChI is InChI=1S/C16H12FIN4O/c1-21-15(13(18)6-20-21)14-10(5-19)11-7-22(8-2-3-8)16(23)9(11)4-12(14)17/h4,6,8H,2-3,7H2,1H3. The van der Waals surface area contributed by atoms with E-state index in [1.807, 2.05) is 0 Å². The third kappa shape index (κ3) is 2.08. The van der Waals surface area contributed by atoms with E-state index in [2.05, 4.69) is 33.8 Å². The number of hydrogen-bond acceptors (Lipinski definition) is 3. The fourth-order valence-corrected chi connectivity index (χ4v) is 3.91. The second-order valence-corrected chi connectivity index (χ2v) is 7.04. The van der Waals surface area contributed by atoms with Crippen molar-refractivity contribution in [1.29, 1.82) is 5.26 Å². The molecule has 116 valence electrons. The van der Waals surface area contributed by atoms with Crippen LogP contribution in [0.1, 0.15) is 34.3 Å². The highest BCUT2D eigenvalue weighted by molar-refractivity contribution is 14.1. The lowest BCUT2D eigenvalue weighted by atomic mass is 9.95. The van der Waals surface area contributed by atoms with Crippen molar-refractivity contribution in [2.75, 3.05) is 0 Å². The molecular formula is C16H12FIN4O. The van der Waals surface area contributed by atoms with Crippen molar-refractivity contribution in [2.24, 2.45) is 7.05 Å². The smallest absolute Gasteiger partial charge is 0.254 e. The van der Waals surface area contributed by atoms with Crippen LogP contribution in [0.5, 0.6) is 0 Å². The molecule has 0 unspecified atom stereocenters. The molecular weight excluding hydrogens is 410 g/mol. The normalized spacial score (nSPS) is 16.6. The number of aryl methyl sites for hydroxylation is 1. The maximum Gasteiger partial charge on any atom is 0.254 e. The number of amides is 1. The first kappa shape index (κ1) is 14.6. The number of carbonyl (C=O) groups excluding carboxylic acids is 1. The van der Waals surface area contributed by atoms with Crippen LogP contribution in [-0.2, 0) is 13.6 Å². The number of aromatic nitrogens is 2. The summed E-state index contributed by atoms with van der Waals surface area (Å²) in [6.07, 6.45) is 3.60. The Hall–Kier alpha value is -1.95. The second kappa shape index (κ2) is 5.03. The molecule has 1 aromatic heterocycles. The van der Waals surface area contributed by atoms with Gasteiger partial charge in [0.25, 0.3) is 5.91 Å². The summed E-state index contributed by atoms with van der Waals surface area (Å²) in [6, 6.07) is 3.63. The molecule has 0 spiro atoms. The predicted octanol–water partition coefficient (Wildman–Crippen LogP) is 2.82. The number of fused-ring (bicyclic) bond motifs is 1. The first-order valence-electron chi connectivity index (χ1n) is 7.27. The third-order valence-corrected chi connectivity index (χ3v) is 5.23. The van der Waals surface area contributed by atoms with E-state index in [0.29, 0.717) is 23.4 Å². The number of halogens is 2. The van der Waals surface area contributed by atoms with Crippen LogP contribution in [0.3, 0.4) is 0 Å². The van der Waals surface area contributed by atoms with Crippen LogP contribution in [0.4, 0.5) is 4.39 Å². The fourth-order valence-electron chi connectivity index (χ4n) is 3.17. The van der Waals surface area contributed by atoms with Gasteiger partial charge in [-0.1, -0.05) is 0 Å². The molecule has 23 heavy (non-hydrogen) atoms. The zero-order valence-electron chi connectivity index (χ0n) is 12.3. The summed E-state index contributed by atoms with van der Waals surface area (Å²) >= 11 is 2.07. The number of benzene rings is 1. The minimum atomic E-state index is -0.548. The molecule has 2 aliphatic rings. The maximum atomic E-state index is 14.8. The topological polar surface area (TPSA) is 61.9 Å². The van der Waals surface area contributed by atoms with Gasteiger partial charge in [0.15, 0.2) is 0 Å². The Morgan fingerprint density at radius 2 is 2.22 bits per heavy atom. The molecule has 1 aliphatic carbocycles. The first-order chi connectivity index (χ1) is 11.0. The zero-order chi connectivity index (χ0) is 16.3. The van der Waals surface area contributed by atoms with Gasteiger partial charge in [0.1, 0.15) is 11.9 Å². The van der Waals surface area contributed by atoms with Crippen molar-refractivity contribution in [2.45, 2.75) is 25.4 Å². The predicted molar refractivity (Wildman–Crippen MR) is 88.9 cm³/mol. The van der Waals surface area contributed by atoms with Crippen molar-refractivity contribution in [3.05, 3.63) is 38.3 Å². The Labute approximate surface area is 145 Å². The number of hydrogen-bond donors (Lipinski definition) is 0. The highest BCUT2D eigenvalue weighted by Crippen LogP contribution is 2.40. The Morgan fingerprint density at radius 3 is 2.78 bits per heavy atom. The molecule has 2 heterocycles. The molecule has 0 saturated heterocycles. The van der Waals surface area contributed by atoms with Gasteiger partial charge in [0, 0.05) is 30.8 Å². The van der Waals surface area contributed by atoms with Gasteiger partial charge >= 0.3 is 0 Å². The molecule has 5 nitrogen and oxygen atoms in total. The second-order valence-electron chi connectivity index (χ2n) is 5.88. The molecule has 7 heteroatoms. The summed E-state index contributed by atoms with van der Waals surface area (Å²) in [5.74, 6) is -0.711. The van der Waals surface area contributed by atoms with Gasteiger partial charge in [-0.3, -0.25) is 9.48 Å². The molecule has 1 aliphatic heterocycles. The van der Waals surface area contributed by atoms with E-state index in [1.54, 1.807) is 22.8 Å². The van der Waals surface area contributed by atoms with E-state index in [1.165, 1.54) is 6.07 Å².